The van der Waals surface area contributed by atoms with E-state index in [1.54, 1.807) is 0 Å². The van der Waals surface area contributed by atoms with Crippen molar-refractivity contribution in [3.63, 3.8) is 0 Å². The molecule has 0 rings (SSSR count). The number of hydrogen-bond donors (Lipinski definition) is 0. The Balaban J connectivity index is 3.61. The van der Waals surface area contributed by atoms with Crippen molar-refractivity contribution in [3.05, 3.63) is 0 Å². The maximum atomic E-state index is 9.60. The van der Waals surface area contributed by atoms with Crippen LogP contribution >= 0.6 is 0 Å². The maximum Gasteiger partial charge on any atom is 0.439 e. The van der Waals surface area contributed by atoms with Gasteiger partial charge in [-0.1, -0.05) is 20.8 Å². The van der Waals surface area contributed by atoms with Crippen molar-refractivity contribution in [1.29, 1.82) is 0 Å². The highest BCUT2D eigenvalue weighted by Crippen LogP contribution is 2.18. The van der Waals surface area contributed by atoms with E-state index in [2.05, 4.69) is 10.3 Å². The van der Waals surface area contributed by atoms with E-state index in [0.717, 1.165) is 0 Å². The Hall–Kier alpha value is -0.570. The fraction of sp³-hybridized carbons (Fsp3) is 0.857. The van der Waals surface area contributed by atoms with Gasteiger partial charge in [0.05, 0.1) is 6.04 Å². The second-order valence-electron chi connectivity index (χ2n) is 3.32. The largest absolute Gasteiger partial charge is 0.439 e. The zero-order valence-corrected chi connectivity index (χ0v) is 6.84. The summed E-state index contributed by atoms with van der Waals surface area (Å²) in [6.45, 7) is 9.21. The van der Waals surface area contributed by atoms with Gasteiger partial charge in [-0.15, -0.1) is 0 Å². The smallest absolute Gasteiger partial charge is 0.340 e. The van der Waals surface area contributed by atoms with Gasteiger partial charge in [0.15, 0.2) is 0 Å². The van der Waals surface area contributed by atoms with E-state index in [4.69, 9.17) is 0 Å². The Kier molecular flexibility index (Phi) is 3.36. The molecule has 3 heteroatoms. The number of nitrogens with zero attached hydrogens (tertiary/aromatic N) is 1. The Bertz CT molecular complexity index is 107. The van der Waals surface area contributed by atoms with E-state index in [-0.39, 0.29) is 11.5 Å². The SMILES string of the molecule is CC([N]O[C]=O)C(C)(C)C. The van der Waals surface area contributed by atoms with Crippen LogP contribution in [-0.4, -0.2) is 12.5 Å². The van der Waals surface area contributed by atoms with Crippen molar-refractivity contribution in [2.24, 2.45) is 5.41 Å². The number of hydrogen-bond acceptors (Lipinski definition) is 2. The minimum absolute atomic E-state index is 0.00829. The van der Waals surface area contributed by atoms with Crippen LogP contribution in [0.15, 0.2) is 0 Å². The van der Waals surface area contributed by atoms with Crippen molar-refractivity contribution >= 4 is 6.47 Å². The van der Waals surface area contributed by atoms with Crippen LogP contribution < -0.4 is 5.48 Å². The first kappa shape index (κ1) is 9.43. The van der Waals surface area contributed by atoms with Gasteiger partial charge in [0, 0.05) is 0 Å². The molecule has 0 N–H and O–H groups in total. The maximum absolute atomic E-state index is 9.60. The first-order valence-electron chi connectivity index (χ1n) is 3.22. The molecule has 0 aromatic carbocycles. The van der Waals surface area contributed by atoms with Crippen molar-refractivity contribution < 1.29 is 9.63 Å². The third-order valence-electron chi connectivity index (χ3n) is 1.50. The molecule has 2 radical (unpaired) electrons. The fourth-order valence-corrected chi connectivity index (χ4v) is 0.259. The van der Waals surface area contributed by atoms with E-state index >= 15 is 0 Å². The van der Waals surface area contributed by atoms with Gasteiger partial charge in [-0.3, -0.25) is 0 Å². The van der Waals surface area contributed by atoms with Crippen molar-refractivity contribution in [3.8, 4) is 0 Å². The molecule has 0 aliphatic rings. The zero-order chi connectivity index (χ0) is 8.20. The van der Waals surface area contributed by atoms with Gasteiger partial charge in [-0.05, 0) is 17.8 Å². The quantitative estimate of drug-likeness (QED) is 0.553. The van der Waals surface area contributed by atoms with Crippen LogP contribution in [0, 0.1) is 5.41 Å². The average molecular weight is 143 g/mol. The highest BCUT2D eigenvalue weighted by atomic mass is 16.7. The highest BCUT2D eigenvalue weighted by molar-refractivity contribution is 5.37. The lowest BCUT2D eigenvalue weighted by Crippen LogP contribution is -2.32. The molecule has 58 valence electrons. The third-order valence-corrected chi connectivity index (χ3v) is 1.50. The van der Waals surface area contributed by atoms with Crippen LogP contribution in [0.4, 0.5) is 0 Å². The fourth-order valence-electron chi connectivity index (χ4n) is 0.259. The summed E-state index contributed by atoms with van der Waals surface area (Å²) in [4.78, 5) is 13.7. The third kappa shape index (κ3) is 3.45. The summed E-state index contributed by atoms with van der Waals surface area (Å²) < 4.78 is 0. The van der Waals surface area contributed by atoms with E-state index < -0.39 is 0 Å². The number of rotatable bonds is 3. The molecule has 0 aliphatic heterocycles. The normalized spacial score (nSPS) is 14.4. The molecule has 10 heavy (non-hydrogen) atoms. The van der Waals surface area contributed by atoms with Crippen LogP contribution in [0.2, 0.25) is 0 Å². The molecule has 0 amide bonds. The molecule has 1 unspecified atom stereocenters. The summed E-state index contributed by atoms with van der Waals surface area (Å²) in [5.74, 6) is 0. The summed E-state index contributed by atoms with van der Waals surface area (Å²) in [6, 6.07) is 0.00829. The summed E-state index contributed by atoms with van der Waals surface area (Å²) in [7, 11) is 0. The summed E-state index contributed by atoms with van der Waals surface area (Å²) in [5.41, 5.74) is 3.63. The molecular formula is C7H13NO2. The molecule has 0 heterocycles. The molecule has 0 aromatic heterocycles. The Morgan fingerprint density at radius 3 is 2.30 bits per heavy atom. The predicted molar refractivity (Wildman–Crippen MR) is 37.8 cm³/mol. The van der Waals surface area contributed by atoms with Crippen LogP contribution in [0.1, 0.15) is 27.7 Å². The molecule has 3 nitrogen and oxygen atoms in total. The monoisotopic (exact) mass is 143 g/mol. The summed E-state index contributed by atoms with van der Waals surface area (Å²) >= 11 is 0. The molecule has 0 spiro atoms. The molecule has 0 saturated heterocycles. The standard InChI is InChI=1S/C7H13NO2/c1-6(7(2,3)4)8-10-5-9/h6H,1-4H3. The van der Waals surface area contributed by atoms with E-state index in [1.165, 1.54) is 6.47 Å². The molecular weight excluding hydrogens is 130 g/mol. The lowest BCUT2D eigenvalue weighted by molar-refractivity contribution is 0.0798. The van der Waals surface area contributed by atoms with Crippen molar-refractivity contribution in [2.75, 3.05) is 0 Å². The summed E-state index contributed by atoms with van der Waals surface area (Å²) in [5, 5.41) is 0. The first-order valence-corrected chi connectivity index (χ1v) is 3.22. The highest BCUT2D eigenvalue weighted by Gasteiger charge is 2.21. The Morgan fingerprint density at radius 2 is 2.00 bits per heavy atom. The van der Waals surface area contributed by atoms with E-state index in [0.29, 0.717) is 0 Å². The molecule has 1 atom stereocenters. The second kappa shape index (κ2) is 3.56. The minimum atomic E-state index is 0.00829. The zero-order valence-electron chi connectivity index (χ0n) is 6.84. The first-order chi connectivity index (χ1) is 4.48. The van der Waals surface area contributed by atoms with Crippen LogP contribution in [-0.2, 0) is 9.63 Å². The molecule has 0 aromatic rings. The van der Waals surface area contributed by atoms with Crippen molar-refractivity contribution in [1.82, 2.24) is 5.48 Å². The van der Waals surface area contributed by atoms with Crippen molar-refractivity contribution in [2.45, 2.75) is 33.7 Å². The minimum Gasteiger partial charge on any atom is -0.340 e. The van der Waals surface area contributed by atoms with Gasteiger partial charge < -0.3 is 4.84 Å². The number of hydroxylamine groups is 1. The van der Waals surface area contributed by atoms with E-state index in [1.807, 2.05) is 27.7 Å². The lowest BCUT2D eigenvalue weighted by atomic mass is 9.89. The van der Waals surface area contributed by atoms with E-state index in [9.17, 15) is 4.79 Å². The second-order valence-corrected chi connectivity index (χ2v) is 3.32. The molecule has 0 saturated carbocycles. The van der Waals surface area contributed by atoms with Gasteiger partial charge >= 0.3 is 6.47 Å². The number of carbonyl (C=O) groups excluding carboxylic acids is 1. The van der Waals surface area contributed by atoms with Crippen LogP contribution in [0.25, 0.3) is 0 Å². The van der Waals surface area contributed by atoms with Gasteiger partial charge in [-0.2, -0.15) is 0 Å². The topological polar surface area (TPSA) is 40.4 Å². The van der Waals surface area contributed by atoms with Crippen LogP contribution in [0.5, 0.6) is 0 Å². The molecule has 0 fully saturated rings. The van der Waals surface area contributed by atoms with Gasteiger partial charge in [0.2, 0.25) is 0 Å². The average Bonchev–Trinajstić information content (AvgIpc) is 1.80. The summed E-state index contributed by atoms with van der Waals surface area (Å²) in [6.07, 6.45) is 0. The van der Waals surface area contributed by atoms with Gasteiger partial charge in [0.25, 0.3) is 0 Å². The predicted octanol–water partition coefficient (Wildman–Crippen LogP) is 1.02. The van der Waals surface area contributed by atoms with Gasteiger partial charge in [-0.25, -0.2) is 4.79 Å². The van der Waals surface area contributed by atoms with Gasteiger partial charge in [0.1, 0.15) is 0 Å². The Morgan fingerprint density at radius 1 is 1.50 bits per heavy atom. The Labute approximate surface area is 61.7 Å². The lowest BCUT2D eigenvalue weighted by Gasteiger charge is -2.23. The molecule has 0 bridgehead atoms. The van der Waals surface area contributed by atoms with Crippen LogP contribution in [0.3, 0.4) is 0 Å². The molecule has 0 aliphatic carbocycles.